The highest BCUT2D eigenvalue weighted by Gasteiger charge is 2.35. The summed E-state index contributed by atoms with van der Waals surface area (Å²) in [4.78, 5) is 26.2. The molecule has 0 aliphatic heterocycles. The Morgan fingerprint density at radius 3 is 2.80 bits per heavy atom. The van der Waals surface area contributed by atoms with Gasteiger partial charge < -0.3 is 10.1 Å². The highest BCUT2D eigenvalue weighted by atomic mass is 35.5. The number of carbonyl (C=O) groups excluding carboxylic acids is 2. The first-order valence-electron chi connectivity index (χ1n) is 10.2. The molecule has 2 aromatic rings. The number of nitrogens with one attached hydrogen (secondary N) is 1. The van der Waals surface area contributed by atoms with Gasteiger partial charge in [-0.15, -0.1) is 11.3 Å². The van der Waals surface area contributed by atoms with Crippen LogP contribution in [-0.4, -0.2) is 19.0 Å². The van der Waals surface area contributed by atoms with Crippen molar-refractivity contribution in [2.24, 2.45) is 11.3 Å². The molecule has 1 N–H and O–H groups in total. The zero-order valence-corrected chi connectivity index (χ0v) is 19.5. The van der Waals surface area contributed by atoms with E-state index in [1.165, 1.54) is 29.4 Å². The molecule has 4 nitrogen and oxygen atoms in total. The van der Waals surface area contributed by atoms with Crippen LogP contribution in [0, 0.1) is 11.3 Å². The maximum absolute atomic E-state index is 12.5. The molecule has 1 heterocycles. The van der Waals surface area contributed by atoms with Crippen LogP contribution in [0.5, 0.6) is 0 Å². The fourth-order valence-corrected chi connectivity index (χ4v) is 5.40. The second-order valence-electron chi connectivity index (χ2n) is 8.36. The largest absolute Gasteiger partial charge is 0.465 e. The van der Waals surface area contributed by atoms with Crippen molar-refractivity contribution in [2.45, 2.75) is 46.5 Å². The molecule has 1 aliphatic carbocycles. The van der Waals surface area contributed by atoms with Gasteiger partial charge in [-0.25, -0.2) is 4.79 Å². The summed E-state index contributed by atoms with van der Waals surface area (Å²) in [6.07, 6.45) is 7.06. The molecule has 0 fully saturated rings. The number of benzene rings is 1. The Labute approximate surface area is 187 Å². The molecular formula is C24H28ClNO3S. The normalized spacial score (nSPS) is 16.4. The lowest BCUT2D eigenvalue weighted by Crippen LogP contribution is -2.28. The van der Waals surface area contributed by atoms with E-state index in [9.17, 15) is 9.59 Å². The third kappa shape index (κ3) is 4.96. The highest BCUT2D eigenvalue weighted by Crippen LogP contribution is 2.45. The lowest BCUT2D eigenvalue weighted by atomic mass is 9.69. The van der Waals surface area contributed by atoms with Gasteiger partial charge in [-0.1, -0.05) is 50.9 Å². The number of anilines is 1. The molecule has 0 saturated carbocycles. The fraction of sp³-hybridized carbons (Fsp3) is 0.417. The van der Waals surface area contributed by atoms with Crippen LogP contribution in [0.3, 0.4) is 0 Å². The minimum Gasteiger partial charge on any atom is -0.465 e. The predicted octanol–water partition coefficient (Wildman–Crippen LogP) is 6.38. The van der Waals surface area contributed by atoms with Crippen molar-refractivity contribution < 1.29 is 14.3 Å². The minimum absolute atomic E-state index is 0.246. The maximum atomic E-state index is 12.5. The molecular weight excluding hydrogens is 418 g/mol. The molecule has 30 heavy (non-hydrogen) atoms. The zero-order chi connectivity index (χ0) is 21.9. The number of hydrogen-bond acceptors (Lipinski definition) is 4. The summed E-state index contributed by atoms with van der Waals surface area (Å²) in [5.41, 5.74) is 2.62. The van der Waals surface area contributed by atoms with E-state index < -0.39 is 5.97 Å². The number of thiophene rings is 1. The Morgan fingerprint density at radius 2 is 2.13 bits per heavy atom. The third-order valence-corrected chi connectivity index (χ3v) is 7.59. The SMILES string of the molecule is CCC(C)(C)C1CCc2c(sc(NC(=O)C=Cc3cccc(Cl)c3)c2C(=O)OC)C1. The van der Waals surface area contributed by atoms with Crippen LogP contribution < -0.4 is 5.32 Å². The summed E-state index contributed by atoms with van der Waals surface area (Å²) < 4.78 is 5.02. The smallest absolute Gasteiger partial charge is 0.341 e. The van der Waals surface area contributed by atoms with Crippen LogP contribution in [-0.2, 0) is 22.4 Å². The van der Waals surface area contributed by atoms with Gasteiger partial charge in [-0.2, -0.15) is 0 Å². The number of rotatable bonds is 6. The van der Waals surface area contributed by atoms with E-state index >= 15 is 0 Å². The van der Waals surface area contributed by atoms with Crippen LogP contribution in [0.1, 0.15) is 60.0 Å². The molecule has 3 rings (SSSR count). The second-order valence-corrected chi connectivity index (χ2v) is 9.90. The van der Waals surface area contributed by atoms with Crippen molar-refractivity contribution in [3.8, 4) is 0 Å². The Kier molecular flexibility index (Phi) is 7.04. The molecule has 0 radical (unpaired) electrons. The first kappa shape index (κ1) is 22.6. The van der Waals surface area contributed by atoms with Gasteiger partial charge in [-0.05, 0) is 59.9 Å². The Hall–Kier alpha value is -2.11. The van der Waals surface area contributed by atoms with Gasteiger partial charge in [0.25, 0.3) is 0 Å². The monoisotopic (exact) mass is 445 g/mol. The highest BCUT2D eigenvalue weighted by molar-refractivity contribution is 7.17. The third-order valence-electron chi connectivity index (χ3n) is 6.18. The van der Waals surface area contributed by atoms with Crippen LogP contribution >= 0.6 is 22.9 Å². The number of hydrogen-bond donors (Lipinski definition) is 1. The van der Waals surface area contributed by atoms with E-state index in [4.69, 9.17) is 16.3 Å². The number of methoxy groups -OCH3 is 1. The summed E-state index contributed by atoms with van der Waals surface area (Å²) in [5.74, 6) is -0.121. The van der Waals surface area contributed by atoms with E-state index in [-0.39, 0.29) is 11.3 Å². The quantitative estimate of drug-likeness (QED) is 0.414. The van der Waals surface area contributed by atoms with Gasteiger partial charge in [0.05, 0.1) is 12.7 Å². The van der Waals surface area contributed by atoms with Crippen molar-refractivity contribution in [1.29, 1.82) is 0 Å². The lowest BCUT2D eigenvalue weighted by molar-refractivity contribution is -0.111. The summed E-state index contributed by atoms with van der Waals surface area (Å²) >= 11 is 7.49. The van der Waals surface area contributed by atoms with Crippen LogP contribution in [0.25, 0.3) is 6.08 Å². The molecule has 1 aromatic heterocycles. The molecule has 0 spiro atoms. The van der Waals surface area contributed by atoms with E-state index in [0.717, 1.165) is 36.8 Å². The molecule has 0 saturated heterocycles. The average Bonchev–Trinajstić information content (AvgIpc) is 3.08. The summed E-state index contributed by atoms with van der Waals surface area (Å²) in [6, 6.07) is 7.27. The Morgan fingerprint density at radius 1 is 1.37 bits per heavy atom. The lowest BCUT2D eigenvalue weighted by Gasteiger charge is -2.36. The molecule has 0 bridgehead atoms. The molecule has 6 heteroatoms. The van der Waals surface area contributed by atoms with Crippen molar-refractivity contribution in [3.63, 3.8) is 0 Å². The first-order valence-corrected chi connectivity index (χ1v) is 11.4. The number of esters is 1. The van der Waals surface area contributed by atoms with Crippen molar-refractivity contribution >= 4 is 45.9 Å². The fourth-order valence-electron chi connectivity index (χ4n) is 3.88. The van der Waals surface area contributed by atoms with Crippen LogP contribution in [0.4, 0.5) is 5.00 Å². The summed E-state index contributed by atoms with van der Waals surface area (Å²) in [7, 11) is 1.38. The molecule has 1 atom stereocenters. The Balaban J connectivity index is 1.84. The predicted molar refractivity (Wildman–Crippen MR) is 124 cm³/mol. The molecule has 1 aliphatic rings. The molecule has 160 valence electrons. The number of amides is 1. The van der Waals surface area contributed by atoms with E-state index in [1.807, 2.05) is 12.1 Å². The van der Waals surface area contributed by atoms with E-state index in [2.05, 4.69) is 26.1 Å². The zero-order valence-electron chi connectivity index (χ0n) is 17.9. The number of carbonyl (C=O) groups is 2. The van der Waals surface area contributed by atoms with Crippen molar-refractivity contribution in [3.05, 3.63) is 56.9 Å². The number of fused-ring (bicyclic) bond motifs is 1. The van der Waals surface area contributed by atoms with Gasteiger partial charge in [-0.3, -0.25) is 4.79 Å². The first-order chi connectivity index (χ1) is 14.2. The van der Waals surface area contributed by atoms with Crippen LogP contribution in [0.15, 0.2) is 30.3 Å². The topological polar surface area (TPSA) is 55.4 Å². The maximum Gasteiger partial charge on any atom is 0.341 e. The van der Waals surface area contributed by atoms with Crippen molar-refractivity contribution in [1.82, 2.24) is 0 Å². The van der Waals surface area contributed by atoms with Gasteiger partial charge in [0.2, 0.25) is 5.91 Å². The molecule has 1 unspecified atom stereocenters. The minimum atomic E-state index is -0.394. The van der Waals surface area contributed by atoms with E-state index in [1.54, 1.807) is 18.2 Å². The standard InChI is InChI=1S/C24H28ClNO3S/c1-5-24(2,3)16-10-11-18-19(14-16)30-22(21(18)23(28)29-4)26-20(27)12-9-15-7-6-8-17(25)13-15/h6-9,12-13,16H,5,10-11,14H2,1-4H3,(H,26,27). The van der Waals surface area contributed by atoms with Crippen LogP contribution in [0.2, 0.25) is 5.02 Å². The van der Waals surface area contributed by atoms with E-state index in [0.29, 0.717) is 21.5 Å². The second kappa shape index (κ2) is 9.36. The summed E-state index contributed by atoms with van der Waals surface area (Å²) in [6.45, 7) is 6.84. The average molecular weight is 446 g/mol. The molecule has 1 aromatic carbocycles. The summed E-state index contributed by atoms with van der Waals surface area (Å²) in [5, 5.41) is 4.08. The Bertz CT molecular complexity index is 977. The number of ether oxygens (including phenoxy) is 1. The van der Waals surface area contributed by atoms with Gasteiger partial charge in [0, 0.05) is 16.0 Å². The van der Waals surface area contributed by atoms with Gasteiger partial charge >= 0.3 is 5.97 Å². The van der Waals surface area contributed by atoms with Crippen molar-refractivity contribution in [2.75, 3.05) is 12.4 Å². The van der Waals surface area contributed by atoms with Gasteiger partial charge in [0.1, 0.15) is 5.00 Å². The number of halogens is 1. The molecule has 1 amide bonds. The van der Waals surface area contributed by atoms with Gasteiger partial charge in [0.15, 0.2) is 0 Å².